The minimum atomic E-state index is -0.111. The number of hydrogen-bond acceptors (Lipinski definition) is 3. The van der Waals surface area contributed by atoms with Gasteiger partial charge in [0.25, 0.3) is 5.56 Å². The SMILES string of the molecule is NC(CCl)=Nc1ccc2ncn(Cc3ccccc3)c(=O)c2c1. The first-order chi connectivity index (χ1) is 11.2. The average molecular weight is 327 g/mol. The molecule has 116 valence electrons. The topological polar surface area (TPSA) is 73.3 Å². The van der Waals surface area contributed by atoms with Gasteiger partial charge in [0.2, 0.25) is 0 Å². The highest BCUT2D eigenvalue weighted by Gasteiger charge is 2.06. The minimum absolute atomic E-state index is 0.111. The number of aromatic nitrogens is 2. The van der Waals surface area contributed by atoms with Crippen LogP contribution in [0.15, 0.2) is 64.6 Å². The van der Waals surface area contributed by atoms with Crippen molar-refractivity contribution >= 4 is 34.0 Å². The lowest BCUT2D eigenvalue weighted by molar-refractivity contribution is 0.748. The molecule has 0 saturated carbocycles. The first-order valence-electron chi connectivity index (χ1n) is 7.09. The molecular formula is C17H15ClN4O. The maximum absolute atomic E-state index is 12.7. The predicted octanol–water partition coefficient (Wildman–Crippen LogP) is 2.67. The number of alkyl halides is 1. The van der Waals surface area contributed by atoms with Gasteiger partial charge in [0.05, 0.1) is 35.3 Å². The molecule has 3 aromatic rings. The van der Waals surface area contributed by atoms with Crippen LogP contribution in [0.2, 0.25) is 0 Å². The smallest absolute Gasteiger partial charge is 0.261 e. The highest BCUT2D eigenvalue weighted by Crippen LogP contribution is 2.17. The van der Waals surface area contributed by atoms with Gasteiger partial charge in [0.15, 0.2) is 0 Å². The van der Waals surface area contributed by atoms with Gasteiger partial charge in [-0.05, 0) is 23.8 Å². The molecule has 0 aliphatic carbocycles. The molecule has 1 aromatic heterocycles. The summed E-state index contributed by atoms with van der Waals surface area (Å²) in [6.07, 6.45) is 1.56. The molecule has 6 heteroatoms. The zero-order chi connectivity index (χ0) is 16.2. The summed E-state index contributed by atoms with van der Waals surface area (Å²) in [6, 6.07) is 15.0. The van der Waals surface area contributed by atoms with E-state index in [2.05, 4.69) is 9.98 Å². The molecule has 0 atom stereocenters. The van der Waals surface area contributed by atoms with Crippen molar-refractivity contribution in [1.82, 2.24) is 9.55 Å². The Hall–Kier alpha value is -2.66. The normalized spacial score (nSPS) is 11.8. The molecule has 0 spiro atoms. The Morgan fingerprint density at radius 3 is 2.74 bits per heavy atom. The molecule has 5 nitrogen and oxygen atoms in total. The fraction of sp³-hybridized carbons (Fsp3) is 0.118. The largest absolute Gasteiger partial charge is 0.386 e. The van der Waals surface area contributed by atoms with Crippen LogP contribution in [0.25, 0.3) is 10.9 Å². The van der Waals surface area contributed by atoms with Crippen molar-refractivity contribution in [2.24, 2.45) is 10.7 Å². The molecule has 23 heavy (non-hydrogen) atoms. The van der Waals surface area contributed by atoms with E-state index in [1.807, 2.05) is 30.3 Å². The van der Waals surface area contributed by atoms with Crippen LogP contribution < -0.4 is 11.3 Å². The number of amidine groups is 1. The van der Waals surface area contributed by atoms with Crippen LogP contribution >= 0.6 is 11.6 Å². The van der Waals surface area contributed by atoms with Gasteiger partial charge in [-0.15, -0.1) is 11.6 Å². The zero-order valence-electron chi connectivity index (χ0n) is 12.3. The summed E-state index contributed by atoms with van der Waals surface area (Å²) in [6.45, 7) is 0.472. The fourth-order valence-corrected chi connectivity index (χ4v) is 2.36. The second-order valence-corrected chi connectivity index (χ2v) is 5.37. The highest BCUT2D eigenvalue weighted by molar-refractivity contribution is 6.28. The Labute approximate surface area is 138 Å². The molecule has 2 aromatic carbocycles. The molecular weight excluding hydrogens is 312 g/mol. The lowest BCUT2D eigenvalue weighted by atomic mass is 10.2. The molecule has 1 heterocycles. The van der Waals surface area contributed by atoms with Crippen LogP contribution in [0.4, 0.5) is 5.69 Å². The van der Waals surface area contributed by atoms with Gasteiger partial charge in [0.1, 0.15) is 5.84 Å². The molecule has 0 aliphatic heterocycles. The van der Waals surface area contributed by atoms with Gasteiger partial charge in [-0.3, -0.25) is 9.36 Å². The molecule has 0 unspecified atom stereocenters. The molecule has 0 aliphatic rings. The number of rotatable bonds is 4. The van der Waals surface area contributed by atoms with Crippen LogP contribution in [0.5, 0.6) is 0 Å². The molecule has 0 saturated heterocycles. The van der Waals surface area contributed by atoms with Crippen LogP contribution in [-0.2, 0) is 6.54 Å². The van der Waals surface area contributed by atoms with Crippen LogP contribution in [0.1, 0.15) is 5.56 Å². The van der Waals surface area contributed by atoms with E-state index in [1.54, 1.807) is 29.1 Å². The van der Waals surface area contributed by atoms with E-state index < -0.39 is 0 Å². The molecule has 0 fully saturated rings. The van der Waals surface area contributed by atoms with Gasteiger partial charge in [-0.2, -0.15) is 0 Å². The van der Waals surface area contributed by atoms with Crippen molar-refractivity contribution in [3.63, 3.8) is 0 Å². The molecule has 3 rings (SSSR count). The molecule has 2 N–H and O–H groups in total. The third kappa shape index (κ3) is 3.40. The number of benzene rings is 2. The Balaban J connectivity index is 2.05. The van der Waals surface area contributed by atoms with E-state index in [0.717, 1.165) is 5.56 Å². The van der Waals surface area contributed by atoms with Crippen molar-refractivity contribution in [3.05, 3.63) is 70.8 Å². The summed E-state index contributed by atoms with van der Waals surface area (Å²) in [5, 5.41) is 0.507. The summed E-state index contributed by atoms with van der Waals surface area (Å²) in [5.41, 5.74) is 7.78. The standard InChI is InChI=1S/C17H15ClN4O/c18-9-16(19)21-13-6-7-15-14(8-13)17(23)22(11-20-15)10-12-4-2-1-3-5-12/h1-8,11H,9-10H2,(H2,19,21). The maximum atomic E-state index is 12.7. The van der Waals surface area contributed by atoms with Gasteiger partial charge in [-0.25, -0.2) is 9.98 Å². The second kappa shape index (κ2) is 6.62. The van der Waals surface area contributed by atoms with Gasteiger partial charge in [-0.1, -0.05) is 30.3 Å². The molecule has 0 radical (unpaired) electrons. The van der Waals surface area contributed by atoms with Crippen molar-refractivity contribution < 1.29 is 0 Å². The third-order valence-corrected chi connectivity index (χ3v) is 3.69. The highest BCUT2D eigenvalue weighted by atomic mass is 35.5. The molecule has 0 bridgehead atoms. The number of nitrogens with two attached hydrogens (primary N) is 1. The van der Waals surface area contributed by atoms with Gasteiger partial charge < -0.3 is 5.73 Å². The fourth-order valence-electron chi connectivity index (χ4n) is 2.30. The monoisotopic (exact) mass is 326 g/mol. The van der Waals surface area contributed by atoms with E-state index >= 15 is 0 Å². The number of hydrogen-bond donors (Lipinski definition) is 1. The first-order valence-corrected chi connectivity index (χ1v) is 7.63. The molecule has 0 amide bonds. The van der Waals surface area contributed by atoms with E-state index in [9.17, 15) is 4.79 Å². The Morgan fingerprint density at radius 1 is 1.22 bits per heavy atom. The van der Waals surface area contributed by atoms with Crippen molar-refractivity contribution in [3.8, 4) is 0 Å². The average Bonchev–Trinajstić information content (AvgIpc) is 2.58. The van der Waals surface area contributed by atoms with E-state index in [0.29, 0.717) is 29.0 Å². The number of nitrogens with zero attached hydrogens (tertiary/aromatic N) is 3. The van der Waals surface area contributed by atoms with Crippen LogP contribution in [0.3, 0.4) is 0 Å². The lowest BCUT2D eigenvalue weighted by Gasteiger charge is -2.07. The third-order valence-electron chi connectivity index (χ3n) is 3.41. The number of fused-ring (bicyclic) bond motifs is 1. The van der Waals surface area contributed by atoms with Crippen molar-refractivity contribution in [2.75, 3.05) is 5.88 Å². The van der Waals surface area contributed by atoms with Crippen LogP contribution in [-0.4, -0.2) is 21.3 Å². The van der Waals surface area contributed by atoms with Crippen LogP contribution in [0, 0.1) is 0 Å². The van der Waals surface area contributed by atoms with E-state index in [1.165, 1.54) is 0 Å². The predicted molar refractivity (Wildman–Crippen MR) is 93.5 cm³/mol. The summed E-state index contributed by atoms with van der Waals surface area (Å²) in [7, 11) is 0. The summed E-state index contributed by atoms with van der Waals surface area (Å²) in [5.74, 6) is 0.447. The van der Waals surface area contributed by atoms with Crippen molar-refractivity contribution in [1.29, 1.82) is 0 Å². The number of halogens is 1. The zero-order valence-corrected chi connectivity index (χ0v) is 13.1. The Bertz CT molecular complexity index is 919. The van der Waals surface area contributed by atoms with Gasteiger partial charge >= 0.3 is 0 Å². The Morgan fingerprint density at radius 2 is 2.00 bits per heavy atom. The quantitative estimate of drug-likeness (QED) is 0.455. The number of aliphatic imine (C=N–C) groups is 1. The first kappa shape index (κ1) is 15.2. The van der Waals surface area contributed by atoms with E-state index in [4.69, 9.17) is 17.3 Å². The minimum Gasteiger partial charge on any atom is -0.386 e. The Kier molecular flexibility index (Phi) is 4.39. The summed E-state index contributed by atoms with van der Waals surface area (Å²) < 4.78 is 1.58. The maximum Gasteiger partial charge on any atom is 0.261 e. The second-order valence-electron chi connectivity index (χ2n) is 5.10. The summed E-state index contributed by atoms with van der Waals surface area (Å²) >= 11 is 5.63. The van der Waals surface area contributed by atoms with E-state index in [-0.39, 0.29) is 11.4 Å². The van der Waals surface area contributed by atoms with Crippen molar-refractivity contribution in [2.45, 2.75) is 6.54 Å². The lowest BCUT2D eigenvalue weighted by Crippen LogP contribution is -2.21. The summed E-state index contributed by atoms with van der Waals surface area (Å²) in [4.78, 5) is 21.2. The van der Waals surface area contributed by atoms with Gasteiger partial charge in [0, 0.05) is 0 Å².